The number of aromatic nitrogens is 2. The maximum atomic E-state index is 5.96. The molecule has 0 saturated carbocycles. The SMILES string of the molecule is Clc1ccc2nc(CNCCSc3ccccc3)cn2c1. The number of imidazole rings is 1. The highest BCUT2D eigenvalue weighted by atomic mass is 35.5. The molecular weight excluding hydrogens is 302 g/mol. The molecule has 0 amide bonds. The first-order valence-corrected chi connectivity index (χ1v) is 8.19. The minimum Gasteiger partial charge on any atom is -0.310 e. The fourth-order valence-electron chi connectivity index (χ4n) is 2.08. The monoisotopic (exact) mass is 317 g/mol. The van der Waals surface area contributed by atoms with Crippen LogP contribution in [0.25, 0.3) is 5.65 Å². The van der Waals surface area contributed by atoms with Crippen LogP contribution in [0, 0.1) is 0 Å². The summed E-state index contributed by atoms with van der Waals surface area (Å²) >= 11 is 7.82. The largest absolute Gasteiger partial charge is 0.310 e. The van der Waals surface area contributed by atoms with Gasteiger partial charge in [0.15, 0.2) is 0 Å². The van der Waals surface area contributed by atoms with Gasteiger partial charge in [-0.05, 0) is 24.3 Å². The van der Waals surface area contributed by atoms with Crippen molar-refractivity contribution in [1.29, 1.82) is 0 Å². The predicted octanol–water partition coefficient (Wildman–Crippen LogP) is 3.87. The van der Waals surface area contributed by atoms with Gasteiger partial charge in [-0.25, -0.2) is 4.98 Å². The molecule has 1 N–H and O–H groups in total. The fourth-order valence-corrected chi connectivity index (χ4v) is 3.08. The molecule has 0 saturated heterocycles. The number of thioether (sulfide) groups is 1. The van der Waals surface area contributed by atoms with Gasteiger partial charge in [-0.15, -0.1) is 11.8 Å². The minimum absolute atomic E-state index is 0.721. The van der Waals surface area contributed by atoms with Crippen molar-refractivity contribution in [1.82, 2.24) is 14.7 Å². The van der Waals surface area contributed by atoms with Crippen LogP contribution >= 0.6 is 23.4 Å². The molecule has 3 rings (SSSR count). The number of fused-ring (bicyclic) bond motifs is 1. The van der Waals surface area contributed by atoms with Gasteiger partial charge in [0.25, 0.3) is 0 Å². The lowest BCUT2D eigenvalue weighted by Crippen LogP contribution is -2.16. The number of pyridine rings is 1. The molecule has 0 atom stereocenters. The summed E-state index contributed by atoms with van der Waals surface area (Å²) < 4.78 is 1.96. The lowest BCUT2D eigenvalue weighted by Gasteiger charge is -2.02. The van der Waals surface area contributed by atoms with Gasteiger partial charge >= 0.3 is 0 Å². The van der Waals surface area contributed by atoms with E-state index in [-0.39, 0.29) is 0 Å². The van der Waals surface area contributed by atoms with Crippen LogP contribution in [0.1, 0.15) is 5.69 Å². The van der Waals surface area contributed by atoms with Crippen LogP contribution in [0.3, 0.4) is 0 Å². The number of hydrogen-bond acceptors (Lipinski definition) is 3. The second kappa shape index (κ2) is 6.98. The van der Waals surface area contributed by atoms with E-state index in [2.05, 4.69) is 34.6 Å². The molecule has 0 aliphatic heterocycles. The minimum atomic E-state index is 0.721. The van der Waals surface area contributed by atoms with Gasteiger partial charge in [-0.2, -0.15) is 0 Å². The van der Waals surface area contributed by atoms with E-state index in [0.717, 1.165) is 35.2 Å². The Labute approximate surface area is 133 Å². The molecule has 0 spiro atoms. The van der Waals surface area contributed by atoms with Crippen LogP contribution in [-0.4, -0.2) is 21.7 Å². The van der Waals surface area contributed by atoms with E-state index in [9.17, 15) is 0 Å². The summed E-state index contributed by atoms with van der Waals surface area (Å²) in [7, 11) is 0. The Morgan fingerprint density at radius 1 is 1.10 bits per heavy atom. The zero-order valence-corrected chi connectivity index (χ0v) is 13.1. The third kappa shape index (κ3) is 4.00. The van der Waals surface area contributed by atoms with Gasteiger partial charge in [0.1, 0.15) is 5.65 Å². The highest BCUT2D eigenvalue weighted by molar-refractivity contribution is 7.99. The Bertz CT molecular complexity index is 712. The zero-order chi connectivity index (χ0) is 14.5. The third-order valence-corrected chi connectivity index (χ3v) is 4.30. The molecule has 0 unspecified atom stereocenters. The molecule has 1 aromatic carbocycles. The molecule has 0 bridgehead atoms. The quantitative estimate of drug-likeness (QED) is 0.553. The van der Waals surface area contributed by atoms with Crippen LogP contribution in [0.5, 0.6) is 0 Å². The van der Waals surface area contributed by atoms with Crippen molar-refractivity contribution in [2.24, 2.45) is 0 Å². The van der Waals surface area contributed by atoms with Gasteiger partial charge in [-0.1, -0.05) is 29.8 Å². The van der Waals surface area contributed by atoms with Crippen molar-refractivity contribution in [2.75, 3.05) is 12.3 Å². The van der Waals surface area contributed by atoms with Crippen LogP contribution < -0.4 is 5.32 Å². The highest BCUT2D eigenvalue weighted by Crippen LogP contribution is 2.16. The molecule has 0 fully saturated rings. The van der Waals surface area contributed by atoms with Crippen molar-refractivity contribution in [3.63, 3.8) is 0 Å². The summed E-state index contributed by atoms with van der Waals surface area (Å²) in [5, 5.41) is 4.14. The van der Waals surface area contributed by atoms with E-state index >= 15 is 0 Å². The predicted molar refractivity (Wildman–Crippen MR) is 89.1 cm³/mol. The molecule has 5 heteroatoms. The first-order valence-electron chi connectivity index (χ1n) is 6.83. The maximum Gasteiger partial charge on any atom is 0.137 e. The number of benzene rings is 1. The maximum absolute atomic E-state index is 5.96. The lowest BCUT2D eigenvalue weighted by atomic mass is 10.4. The molecule has 0 aliphatic rings. The molecule has 3 nitrogen and oxygen atoms in total. The first kappa shape index (κ1) is 14.4. The summed E-state index contributed by atoms with van der Waals surface area (Å²) in [6, 6.07) is 14.2. The van der Waals surface area contributed by atoms with Crippen LogP contribution in [0.2, 0.25) is 5.02 Å². The Balaban J connectivity index is 1.46. The second-order valence-electron chi connectivity index (χ2n) is 4.68. The summed E-state index contributed by atoms with van der Waals surface area (Å²) in [6.45, 7) is 1.73. The normalized spacial score (nSPS) is 11.1. The molecule has 0 radical (unpaired) electrons. The Kier molecular flexibility index (Phi) is 4.80. The smallest absolute Gasteiger partial charge is 0.137 e. The van der Waals surface area contributed by atoms with Crippen LogP contribution in [0.4, 0.5) is 0 Å². The van der Waals surface area contributed by atoms with Crippen molar-refractivity contribution in [3.05, 3.63) is 65.6 Å². The first-order chi connectivity index (χ1) is 10.3. The summed E-state index contributed by atoms with van der Waals surface area (Å²) in [5.74, 6) is 1.04. The van der Waals surface area contributed by atoms with Crippen molar-refractivity contribution in [2.45, 2.75) is 11.4 Å². The number of nitrogens with zero attached hydrogens (tertiary/aromatic N) is 2. The summed E-state index contributed by atoms with van der Waals surface area (Å²) in [6.07, 6.45) is 3.89. The number of nitrogens with one attached hydrogen (secondary N) is 1. The molecular formula is C16H16ClN3S. The molecule has 21 heavy (non-hydrogen) atoms. The Morgan fingerprint density at radius 3 is 2.81 bits per heavy atom. The van der Waals surface area contributed by atoms with Crippen LogP contribution in [-0.2, 0) is 6.54 Å². The van der Waals surface area contributed by atoms with Crippen molar-refractivity contribution in [3.8, 4) is 0 Å². The molecule has 108 valence electrons. The lowest BCUT2D eigenvalue weighted by molar-refractivity contribution is 0.719. The Hall–Kier alpha value is -1.49. The second-order valence-corrected chi connectivity index (χ2v) is 6.29. The van der Waals surface area contributed by atoms with Crippen LogP contribution in [0.15, 0.2) is 59.8 Å². The van der Waals surface area contributed by atoms with E-state index in [1.165, 1.54) is 4.90 Å². The topological polar surface area (TPSA) is 29.3 Å². The van der Waals surface area contributed by atoms with Gasteiger partial charge in [0.05, 0.1) is 10.7 Å². The summed E-state index contributed by atoms with van der Waals surface area (Å²) in [5.41, 5.74) is 1.96. The van der Waals surface area contributed by atoms with Gasteiger partial charge < -0.3 is 9.72 Å². The standard InChI is InChI=1S/C16H16ClN3S/c17-13-6-7-16-19-14(12-20(16)11-13)10-18-8-9-21-15-4-2-1-3-5-15/h1-7,11-12,18H,8-10H2. The van der Waals surface area contributed by atoms with Crippen molar-refractivity contribution >= 4 is 29.0 Å². The number of hydrogen-bond donors (Lipinski definition) is 1. The molecule has 2 heterocycles. The van der Waals surface area contributed by atoms with E-state index in [0.29, 0.717) is 0 Å². The van der Waals surface area contributed by atoms with Gasteiger partial charge in [0, 0.05) is 36.1 Å². The number of halogens is 1. The average Bonchev–Trinajstić information content (AvgIpc) is 2.90. The van der Waals surface area contributed by atoms with Gasteiger partial charge in [0.2, 0.25) is 0 Å². The Morgan fingerprint density at radius 2 is 1.95 bits per heavy atom. The van der Waals surface area contributed by atoms with E-state index < -0.39 is 0 Å². The van der Waals surface area contributed by atoms with E-state index in [1.54, 1.807) is 0 Å². The fraction of sp³-hybridized carbons (Fsp3) is 0.188. The van der Waals surface area contributed by atoms with E-state index in [4.69, 9.17) is 11.6 Å². The molecule has 0 aliphatic carbocycles. The highest BCUT2D eigenvalue weighted by Gasteiger charge is 2.01. The average molecular weight is 318 g/mol. The van der Waals surface area contributed by atoms with Crippen molar-refractivity contribution < 1.29 is 0 Å². The molecule has 2 aromatic heterocycles. The van der Waals surface area contributed by atoms with E-state index in [1.807, 2.05) is 46.8 Å². The zero-order valence-electron chi connectivity index (χ0n) is 11.5. The molecule has 3 aromatic rings. The number of rotatable bonds is 6. The third-order valence-electron chi connectivity index (χ3n) is 3.06. The summed E-state index contributed by atoms with van der Waals surface area (Å²) in [4.78, 5) is 5.85. The van der Waals surface area contributed by atoms with Gasteiger partial charge in [-0.3, -0.25) is 0 Å².